The van der Waals surface area contributed by atoms with Gasteiger partial charge in [-0.05, 0) is 29.7 Å². The van der Waals surface area contributed by atoms with Gasteiger partial charge in [0.1, 0.15) is 23.6 Å². The Kier molecular flexibility index (Phi) is 8.67. The number of benzene rings is 2. The van der Waals surface area contributed by atoms with Crippen LogP contribution in [0.5, 0.6) is 0 Å². The largest absolute Gasteiger partial charge is 0.390 e. The zero-order chi connectivity index (χ0) is 23.1. The van der Waals surface area contributed by atoms with Crippen molar-refractivity contribution in [1.82, 2.24) is 4.90 Å². The lowest BCUT2D eigenvalue weighted by molar-refractivity contribution is -0.00756. The molecule has 0 unspecified atom stereocenters. The third-order valence-electron chi connectivity index (χ3n) is 5.01. The lowest BCUT2D eigenvalue weighted by Gasteiger charge is -2.27. The van der Waals surface area contributed by atoms with Crippen LogP contribution in [0, 0.1) is 23.4 Å². The van der Waals surface area contributed by atoms with Gasteiger partial charge in [-0.3, -0.25) is 4.90 Å². The molecule has 2 aromatic carbocycles. The van der Waals surface area contributed by atoms with Gasteiger partial charge in [-0.1, -0.05) is 37.2 Å². The molecule has 0 bridgehead atoms. The number of aliphatic hydroxyl groups is 1. The molecule has 1 aliphatic heterocycles. The van der Waals surface area contributed by atoms with E-state index in [1.807, 2.05) is 18.7 Å². The standard InChI is InChI=1S/C24H29F3N2O3/c1-16(2)14-31-15-21(30)12-29(11-18-5-8-20(26)9-23(18)27)13-22-10-24(28-32-22)17-3-6-19(25)7-4-17/h3-9,16,21-22,30H,10-15H2,1-2H3/t21-,22+/m1/s1. The van der Waals surface area contributed by atoms with Crippen molar-refractivity contribution in [1.29, 1.82) is 0 Å². The topological polar surface area (TPSA) is 54.3 Å². The molecule has 0 saturated heterocycles. The summed E-state index contributed by atoms with van der Waals surface area (Å²) in [4.78, 5) is 7.39. The van der Waals surface area contributed by atoms with Crippen molar-refractivity contribution < 1.29 is 27.9 Å². The first-order valence-electron chi connectivity index (χ1n) is 10.7. The second kappa shape index (κ2) is 11.4. The van der Waals surface area contributed by atoms with Crippen molar-refractivity contribution in [2.24, 2.45) is 11.1 Å². The molecule has 32 heavy (non-hydrogen) atoms. The number of hydrogen-bond acceptors (Lipinski definition) is 5. The molecular weight excluding hydrogens is 421 g/mol. The van der Waals surface area contributed by atoms with E-state index in [9.17, 15) is 18.3 Å². The van der Waals surface area contributed by atoms with Gasteiger partial charge in [0.05, 0.1) is 18.4 Å². The Morgan fingerprint density at radius 1 is 1.09 bits per heavy atom. The van der Waals surface area contributed by atoms with E-state index in [-0.39, 0.29) is 31.6 Å². The summed E-state index contributed by atoms with van der Waals surface area (Å²) < 4.78 is 46.2. The Morgan fingerprint density at radius 3 is 2.50 bits per heavy atom. The molecular formula is C24H29F3N2O3. The van der Waals surface area contributed by atoms with Crippen molar-refractivity contribution >= 4 is 5.71 Å². The highest BCUT2D eigenvalue weighted by Gasteiger charge is 2.26. The first-order chi connectivity index (χ1) is 15.3. The van der Waals surface area contributed by atoms with Gasteiger partial charge in [-0.15, -0.1) is 0 Å². The predicted molar refractivity (Wildman–Crippen MR) is 116 cm³/mol. The molecule has 8 heteroatoms. The smallest absolute Gasteiger partial charge is 0.145 e. The van der Waals surface area contributed by atoms with Gasteiger partial charge in [-0.2, -0.15) is 0 Å². The number of hydrogen-bond donors (Lipinski definition) is 1. The van der Waals surface area contributed by atoms with Crippen molar-refractivity contribution in [3.8, 4) is 0 Å². The van der Waals surface area contributed by atoms with Gasteiger partial charge in [0.25, 0.3) is 0 Å². The number of ether oxygens (including phenoxy) is 1. The Bertz CT molecular complexity index is 906. The average Bonchev–Trinajstić information content (AvgIpc) is 3.18. The molecule has 0 aliphatic carbocycles. The highest BCUT2D eigenvalue weighted by Crippen LogP contribution is 2.20. The van der Waals surface area contributed by atoms with Gasteiger partial charge in [0, 0.05) is 44.3 Å². The maximum Gasteiger partial charge on any atom is 0.145 e. The highest BCUT2D eigenvalue weighted by molar-refractivity contribution is 6.01. The maximum absolute atomic E-state index is 14.2. The monoisotopic (exact) mass is 450 g/mol. The zero-order valence-corrected chi connectivity index (χ0v) is 18.3. The summed E-state index contributed by atoms with van der Waals surface area (Å²) in [5.41, 5.74) is 1.79. The van der Waals surface area contributed by atoms with Gasteiger partial charge in [0.15, 0.2) is 0 Å². The lowest BCUT2D eigenvalue weighted by atomic mass is 10.0. The van der Waals surface area contributed by atoms with Crippen LogP contribution in [0.25, 0.3) is 0 Å². The highest BCUT2D eigenvalue weighted by atomic mass is 19.1. The lowest BCUT2D eigenvalue weighted by Crippen LogP contribution is -2.39. The van der Waals surface area contributed by atoms with Crippen LogP contribution in [0.3, 0.4) is 0 Å². The van der Waals surface area contributed by atoms with Gasteiger partial charge >= 0.3 is 0 Å². The summed E-state index contributed by atoms with van der Waals surface area (Å²) in [6.45, 7) is 5.48. The van der Waals surface area contributed by atoms with Crippen LogP contribution in [0.4, 0.5) is 13.2 Å². The Balaban J connectivity index is 1.63. The minimum Gasteiger partial charge on any atom is -0.390 e. The van der Waals surface area contributed by atoms with E-state index in [2.05, 4.69) is 5.16 Å². The van der Waals surface area contributed by atoms with Crippen LogP contribution in [-0.4, -0.2) is 54.2 Å². The van der Waals surface area contributed by atoms with E-state index in [1.54, 1.807) is 12.1 Å². The summed E-state index contributed by atoms with van der Waals surface area (Å²) in [5.74, 6) is -1.26. The third kappa shape index (κ3) is 7.32. The fraction of sp³-hybridized carbons (Fsp3) is 0.458. The molecule has 0 fully saturated rings. The van der Waals surface area contributed by atoms with E-state index in [0.717, 1.165) is 11.6 Å². The Labute approximate surface area is 186 Å². The fourth-order valence-corrected chi connectivity index (χ4v) is 3.51. The van der Waals surface area contributed by atoms with E-state index in [0.29, 0.717) is 36.8 Å². The van der Waals surface area contributed by atoms with Crippen LogP contribution in [-0.2, 0) is 16.1 Å². The summed E-state index contributed by atoms with van der Waals surface area (Å²) in [6.07, 6.45) is -0.605. The number of nitrogens with zero attached hydrogens (tertiary/aromatic N) is 2. The number of rotatable bonds is 11. The van der Waals surface area contributed by atoms with Gasteiger partial charge in [0.2, 0.25) is 0 Å². The molecule has 3 rings (SSSR count). The van der Waals surface area contributed by atoms with Gasteiger partial charge in [-0.25, -0.2) is 13.2 Å². The fourth-order valence-electron chi connectivity index (χ4n) is 3.51. The maximum atomic E-state index is 14.2. The van der Waals surface area contributed by atoms with E-state index in [1.165, 1.54) is 24.3 Å². The van der Waals surface area contributed by atoms with E-state index >= 15 is 0 Å². The van der Waals surface area contributed by atoms with Crippen LogP contribution in [0.2, 0.25) is 0 Å². The number of halogens is 3. The van der Waals surface area contributed by atoms with E-state index < -0.39 is 17.7 Å². The molecule has 0 spiro atoms. The summed E-state index contributed by atoms with van der Waals surface area (Å²) in [6, 6.07) is 9.46. The second-order valence-electron chi connectivity index (χ2n) is 8.49. The predicted octanol–water partition coefficient (Wildman–Crippen LogP) is 4.13. The van der Waals surface area contributed by atoms with Crippen molar-refractivity contribution in [2.75, 3.05) is 26.3 Å². The van der Waals surface area contributed by atoms with Crippen LogP contribution < -0.4 is 0 Å². The molecule has 2 atom stereocenters. The molecule has 0 saturated carbocycles. The molecule has 1 aliphatic rings. The van der Waals surface area contributed by atoms with E-state index in [4.69, 9.17) is 9.57 Å². The Hall–Kier alpha value is -2.42. The summed E-state index contributed by atoms with van der Waals surface area (Å²) in [5, 5.41) is 14.5. The van der Waals surface area contributed by atoms with Crippen LogP contribution in [0.15, 0.2) is 47.6 Å². The quantitative estimate of drug-likeness (QED) is 0.559. The average molecular weight is 451 g/mol. The number of aliphatic hydroxyl groups excluding tert-OH is 1. The molecule has 5 nitrogen and oxygen atoms in total. The minimum absolute atomic E-state index is 0.156. The van der Waals surface area contributed by atoms with Crippen molar-refractivity contribution in [3.05, 3.63) is 71.0 Å². The van der Waals surface area contributed by atoms with Gasteiger partial charge < -0.3 is 14.7 Å². The minimum atomic E-state index is -0.781. The zero-order valence-electron chi connectivity index (χ0n) is 18.3. The van der Waals surface area contributed by atoms with Crippen LogP contribution in [0.1, 0.15) is 31.4 Å². The molecule has 1 N–H and O–H groups in total. The van der Waals surface area contributed by atoms with Crippen LogP contribution >= 0.6 is 0 Å². The van der Waals surface area contributed by atoms with Crippen molar-refractivity contribution in [2.45, 2.75) is 39.0 Å². The molecule has 0 aromatic heterocycles. The molecule has 0 amide bonds. The molecule has 0 radical (unpaired) electrons. The summed E-state index contributed by atoms with van der Waals surface area (Å²) >= 11 is 0. The molecule has 174 valence electrons. The Morgan fingerprint density at radius 2 is 1.81 bits per heavy atom. The first-order valence-corrected chi connectivity index (χ1v) is 10.7. The second-order valence-corrected chi connectivity index (χ2v) is 8.49. The SMILES string of the molecule is CC(C)COC[C@H](O)CN(Cc1ccc(F)cc1F)C[C@@H]1CC(c2ccc(F)cc2)=NO1. The molecule has 2 aromatic rings. The first kappa shape index (κ1) is 24.2. The van der Waals surface area contributed by atoms with Crippen molar-refractivity contribution in [3.63, 3.8) is 0 Å². The summed E-state index contributed by atoms with van der Waals surface area (Å²) in [7, 11) is 0. The normalized spacial score (nSPS) is 17.0. The number of oxime groups is 1. The molecule has 1 heterocycles. The third-order valence-corrected chi connectivity index (χ3v) is 5.01.